The molecule has 42 heavy (non-hydrogen) atoms. The van der Waals surface area contributed by atoms with Crippen LogP contribution >= 0.6 is 11.6 Å². The van der Waals surface area contributed by atoms with Crippen LogP contribution in [0.15, 0.2) is 77.3 Å². The van der Waals surface area contributed by atoms with Crippen LogP contribution in [0.5, 0.6) is 11.5 Å². The summed E-state index contributed by atoms with van der Waals surface area (Å²) in [5.74, 6) is -1.06. The Morgan fingerprint density at radius 1 is 0.929 bits per heavy atom. The van der Waals surface area contributed by atoms with Crippen LogP contribution in [0.3, 0.4) is 0 Å². The number of morpholine rings is 1. The maximum atomic E-state index is 12.9. The molecule has 1 amide bonds. The lowest BCUT2D eigenvalue weighted by Gasteiger charge is -2.26. The molecule has 1 aliphatic rings. The number of hydrogen-bond donors (Lipinski definition) is 2. The summed E-state index contributed by atoms with van der Waals surface area (Å²) in [6.45, 7) is 3.65. The Balaban J connectivity index is 1.44. The number of halogens is 1. The zero-order valence-corrected chi connectivity index (χ0v) is 23.5. The van der Waals surface area contributed by atoms with Crippen molar-refractivity contribution >= 4 is 29.2 Å². The standard InChI is InChI=1S/C31H30ClN3O7/c32-24-17-23(30-28(29(31(37)38)34-42-30)33-27(36)11-12-35-13-15-39-16-14-35)25(40-19-21-7-3-1-4-8-21)18-26(24)41-20-22-9-5-2-6-10-22/h1-10,17-18H,11-16,19-20H2,(H,33,36)(H,37,38). The largest absolute Gasteiger partial charge is 0.488 e. The van der Waals surface area contributed by atoms with Crippen LogP contribution in [-0.2, 0) is 22.7 Å². The van der Waals surface area contributed by atoms with Gasteiger partial charge in [-0.15, -0.1) is 0 Å². The number of aromatic nitrogens is 1. The summed E-state index contributed by atoms with van der Waals surface area (Å²) in [4.78, 5) is 27.1. The number of benzene rings is 3. The maximum absolute atomic E-state index is 12.9. The maximum Gasteiger partial charge on any atom is 0.360 e. The Bertz CT molecular complexity index is 1510. The van der Waals surface area contributed by atoms with Gasteiger partial charge in [-0.2, -0.15) is 0 Å². The van der Waals surface area contributed by atoms with Crippen LogP contribution in [0.2, 0.25) is 5.02 Å². The Labute approximate surface area is 247 Å². The van der Waals surface area contributed by atoms with Gasteiger partial charge in [0.15, 0.2) is 5.76 Å². The molecule has 0 saturated carbocycles. The Morgan fingerprint density at radius 2 is 1.55 bits per heavy atom. The summed E-state index contributed by atoms with van der Waals surface area (Å²) in [7, 11) is 0. The van der Waals surface area contributed by atoms with E-state index in [1.54, 1.807) is 12.1 Å². The molecule has 0 bridgehead atoms. The fourth-order valence-electron chi connectivity index (χ4n) is 4.44. The minimum atomic E-state index is -1.35. The molecule has 0 radical (unpaired) electrons. The van der Waals surface area contributed by atoms with E-state index in [0.717, 1.165) is 24.2 Å². The summed E-state index contributed by atoms with van der Waals surface area (Å²) in [5, 5.41) is 16.5. The number of amides is 1. The van der Waals surface area contributed by atoms with Gasteiger partial charge in [0, 0.05) is 32.1 Å². The van der Waals surface area contributed by atoms with Gasteiger partial charge in [-0.3, -0.25) is 9.69 Å². The van der Waals surface area contributed by atoms with E-state index in [9.17, 15) is 14.7 Å². The number of aromatic carboxylic acids is 1. The van der Waals surface area contributed by atoms with Gasteiger partial charge in [0.05, 0.1) is 23.8 Å². The van der Waals surface area contributed by atoms with Crippen LogP contribution in [0.4, 0.5) is 5.69 Å². The molecule has 11 heteroatoms. The van der Waals surface area contributed by atoms with E-state index in [0.29, 0.717) is 36.8 Å². The van der Waals surface area contributed by atoms with Crippen LogP contribution < -0.4 is 14.8 Å². The summed E-state index contributed by atoms with van der Waals surface area (Å²) in [6.07, 6.45) is 0.147. The van der Waals surface area contributed by atoms with Crippen LogP contribution in [0.1, 0.15) is 28.0 Å². The first-order valence-electron chi connectivity index (χ1n) is 13.5. The molecule has 0 aliphatic carbocycles. The topological polar surface area (TPSA) is 123 Å². The lowest BCUT2D eigenvalue weighted by molar-refractivity contribution is -0.116. The third-order valence-electron chi connectivity index (χ3n) is 6.67. The van der Waals surface area contributed by atoms with E-state index in [2.05, 4.69) is 15.4 Å². The van der Waals surface area contributed by atoms with Crippen molar-refractivity contribution in [1.29, 1.82) is 0 Å². The molecule has 2 heterocycles. The van der Waals surface area contributed by atoms with E-state index in [1.165, 1.54) is 0 Å². The summed E-state index contributed by atoms with van der Waals surface area (Å²) >= 11 is 6.64. The molecular formula is C31H30ClN3O7. The summed E-state index contributed by atoms with van der Waals surface area (Å²) < 4.78 is 23.0. The molecule has 0 spiro atoms. The Morgan fingerprint density at radius 3 is 2.17 bits per heavy atom. The van der Waals surface area contributed by atoms with E-state index in [1.807, 2.05) is 60.7 Å². The molecule has 2 N–H and O–H groups in total. The van der Waals surface area contributed by atoms with Crippen molar-refractivity contribution in [3.05, 3.63) is 94.6 Å². The molecule has 0 atom stereocenters. The number of carbonyl (C=O) groups excluding carboxylic acids is 1. The minimum Gasteiger partial charge on any atom is -0.488 e. The Kier molecular flexibility index (Phi) is 9.70. The van der Waals surface area contributed by atoms with Crippen molar-refractivity contribution in [2.75, 3.05) is 38.2 Å². The number of rotatable bonds is 12. The van der Waals surface area contributed by atoms with Crippen molar-refractivity contribution in [3.63, 3.8) is 0 Å². The van der Waals surface area contributed by atoms with Gasteiger partial charge in [0.2, 0.25) is 11.6 Å². The van der Waals surface area contributed by atoms with Gasteiger partial charge in [0.25, 0.3) is 0 Å². The number of anilines is 1. The third kappa shape index (κ3) is 7.47. The highest BCUT2D eigenvalue weighted by Gasteiger charge is 2.28. The highest BCUT2D eigenvalue weighted by Crippen LogP contribution is 2.43. The zero-order chi connectivity index (χ0) is 29.3. The lowest BCUT2D eigenvalue weighted by Crippen LogP contribution is -2.38. The normalized spacial score (nSPS) is 13.5. The first-order chi connectivity index (χ1) is 20.5. The summed E-state index contributed by atoms with van der Waals surface area (Å²) in [5.41, 5.74) is 1.66. The first-order valence-corrected chi connectivity index (χ1v) is 13.9. The molecule has 218 valence electrons. The van der Waals surface area contributed by atoms with Gasteiger partial charge in [-0.25, -0.2) is 4.79 Å². The minimum absolute atomic E-state index is 0.00620. The second kappa shape index (κ2) is 14.0. The molecule has 5 rings (SSSR count). The molecule has 3 aromatic carbocycles. The number of carbonyl (C=O) groups is 2. The third-order valence-corrected chi connectivity index (χ3v) is 6.97. The van der Waals surface area contributed by atoms with Crippen LogP contribution in [0, 0.1) is 0 Å². The van der Waals surface area contributed by atoms with Crippen molar-refractivity contribution in [2.45, 2.75) is 19.6 Å². The predicted octanol–water partition coefficient (Wildman–Crippen LogP) is 5.51. The van der Waals surface area contributed by atoms with Crippen molar-refractivity contribution in [2.24, 2.45) is 0 Å². The number of hydrogen-bond acceptors (Lipinski definition) is 8. The van der Waals surface area contributed by atoms with E-state index < -0.39 is 11.7 Å². The summed E-state index contributed by atoms with van der Waals surface area (Å²) in [6, 6.07) is 22.3. The second-order valence-corrected chi connectivity index (χ2v) is 10.0. The van der Waals surface area contributed by atoms with Crippen LogP contribution in [0.25, 0.3) is 11.3 Å². The SMILES string of the molecule is O=C(CCN1CCOCC1)Nc1c(C(=O)O)noc1-c1cc(Cl)c(OCc2ccccc2)cc1OCc1ccccc1. The van der Waals surface area contributed by atoms with Gasteiger partial charge in [0.1, 0.15) is 30.4 Å². The average Bonchev–Trinajstić information content (AvgIpc) is 3.43. The average molecular weight is 592 g/mol. The smallest absolute Gasteiger partial charge is 0.360 e. The van der Waals surface area contributed by atoms with Gasteiger partial charge in [-0.1, -0.05) is 77.4 Å². The monoisotopic (exact) mass is 591 g/mol. The fraction of sp³-hybridized carbons (Fsp3) is 0.258. The van der Waals surface area contributed by atoms with Gasteiger partial charge < -0.3 is 29.2 Å². The van der Waals surface area contributed by atoms with E-state index in [-0.39, 0.29) is 42.0 Å². The number of nitrogens with zero attached hydrogens (tertiary/aromatic N) is 2. The highest BCUT2D eigenvalue weighted by atomic mass is 35.5. The number of carboxylic acid groups (broad SMARTS) is 1. The molecule has 1 saturated heterocycles. The van der Waals surface area contributed by atoms with E-state index in [4.69, 9.17) is 30.3 Å². The van der Waals surface area contributed by atoms with Gasteiger partial charge in [-0.05, 0) is 17.2 Å². The molecule has 4 aromatic rings. The molecular weight excluding hydrogens is 562 g/mol. The van der Waals surface area contributed by atoms with Crippen molar-refractivity contribution < 1.29 is 33.4 Å². The number of nitrogens with one attached hydrogen (secondary N) is 1. The Hall–Kier alpha value is -4.38. The molecule has 1 fully saturated rings. The zero-order valence-electron chi connectivity index (χ0n) is 22.8. The van der Waals surface area contributed by atoms with Crippen molar-refractivity contribution in [3.8, 4) is 22.8 Å². The molecule has 1 aliphatic heterocycles. The molecule has 10 nitrogen and oxygen atoms in total. The van der Waals surface area contributed by atoms with Gasteiger partial charge >= 0.3 is 5.97 Å². The fourth-order valence-corrected chi connectivity index (χ4v) is 4.65. The number of ether oxygens (including phenoxy) is 3. The lowest BCUT2D eigenvalue weighted by atomic mass is 10.1. The molecule has 0 unspecified atom stereocenters. The quantitative estimate of drug-likeness (QED) is 0.219. The predicted molar refractivity (Wildman–Crippen MR) is 156 cm³/mol. The first kappa shape index (κ1) is 29.1. The van der Waals surface area contributed by atoms with Crippen LogP contribution in [-0.4, -0.2) is 59.9 Å². The molecule has 1 aromatic heterocycles. The highest BCUT2D eigenvalue weighted by molar-refractivity contribution is 6.32. The van der Waals surface area contributed by atoms with Crippen molar-refractivity contribution in [1.82, 2.24) is 10.1 Å². The second-order valence-electron chi connectivity index (χ2n) is 9.62. The number of carboxylic acids is 1. The van der Waals surface area contributed by atoms with E-state index >= 15 is 0 Å².